The Morgan fingerprint density at radius 3 is 2.83 bits per heavy atom. The van der Waals surface area contributed by atoms with E-state index in [1.165, 1.54) is 18.4 Å². The first-order valence-corrected chi connectivity index (χ1v) is 9.99. The smallest absolute Gasteiger partial charge is 0.257 e. The maximum atomic E-state index is 13.1. The van der Waals surface area contributed by atoms with Crippen LogP contribution in [0.2, 0.25) is 0 Å². The van der Waals surface area contributed by atoms with Crippen LogP contribution in [0.15, 0.2) is 36.4 Å². The first-order chi connectivity index (χ1) is 14.5. The number of ether oxygens (including phenoxy) is 2. The van der Waals surface area contributed by atoms with Crippen molar-refractivity contribution in [3.63, 3.8) is 0 Å². The summed E-state index contributed by atoms with van der Waals surface area (Å²) in [7, 11) is 1.50. The van der Waals surface area contributed by atoms with Crippen LogP contribution in [0.1, 0.15) is 35.0 Å². The normalized spacial score (nSPS) is 15.5. The van der Waals surface area contributed by atoms with Gasteiger partial charge in [0.05, 0.1) is 18.2 Å². The molecule has 0 saturated heterocycles. The SMILES string of the molecule is COc1ccc(NC(=O)c2cccc3c4c([nH]c23)CCC(C)C4)cc1OCC(N)=O. The van der Waals surface area contributed by atoms with Crippen LogP contribution in [0, 0.1) is 5.92 Å². The van der Waals surface area contributed by atoms with Gasteiger partial charge < -0.3 is 25.5 Å². The lowest BCUT2D eigenvalue weighted by molar-refractivity contribution is -0.119. The summed E-state index contributed by atoms with van der Waals surface area (Å²) in [5.74, 6) is 0.604. The summed E-state index contributed by atoms with van der Waals surface area (Å²) in [6.45, 7) is 1.99. The molecule has 0 saturated carbocycles. The number of anilines is 1. The molecule has 3 aromatic rings. The number of carbonyl (C=O) groups is 2. The van der Waals surface area contributed by atoms with Crippen LogP contribution in [0.3, 0.4) is 0 Å². The number of hydrogen-bond donors (Lipinski definition) is 3. The van der Waals surface area contributed by atoms with Gasteiger partial charge in [-0.15, -0.1) is 0 Å². The lowest BCUT2D eigenvalue weighted by Crippen LogP contribution is -2.20. The molecule has 1 aromatic heterocycles. The van der Waals surface area contributed by atoms with E-state index in [1.54, 1.807) is 18.2 Å². The second-order valence-corrected chi connectivity index (χ2v) is 7.73. The molecule has 0 radical (unpaired) electrons. The fourth-order valence-corrected chi connectivity index (χ4v) is 4.02. The second-order valence-electron chi connectivity index (χ2n) is 7.73. The van der Waals surface area contributed by atoms with Gasteiger partial charge in [-0.2, -0.15) is 0 Å². The first kappa shape index (κ1) is 19.8. The van der Waals surface area contributed by atoms with E-state index in [0.29, 0.717) is 28.7 Å². The lowest BCUT2D eigenvalue weighted by Gasteiger charge is -2.17. The predicted molar refractivity (Wildman–Crippen MR) is 115 cm³/mol. The third-order valence-electron chi connectivity index (χ3n) is 5.51. The Morgan fingerprint density at radius 2 is 2.07 bits per heavy atom. The van der Waals surface area contributed by atoms with Crippen molar-refractivity contribution >= 4 is 28.4 Å². The molecule has 0 aliphatic heterocycles. The zero-order chi connectivity index (χ0) is 21.3. The maximum absolute atomic E-state index is 13.1. The molecule has 4 rings (SSSR count). The van der Waals surface area contributed by atoms with Crippen molar-refractivity contribution in [2.45, 2.75) is 26.2 Å². The van der Waals surface area contributed by atoms with Crippen molar-refractivity contribution in [1.29, 1.82) is 0 Å². The number of hydrogen-bond acceptors (Lipinski definition) is 4. The molecule has 2 amide bonds. The van der Waals surface area contributed by atoms with E-state index in [-0.39, 0.29) is 12.5 Å². The molecule has 0 spiro atoms. The highest BCUT2D eigenvalue weighted by atomic mass is 16.5. The number of benzene rings is 2. The Morgan fingerprint density at radius 1 is 1.23 bits per heavy atom. The zero-order valence-corrected chi connectivity index (χ0v) is 17.1. The van der Waals surface area contributed by atoms with Crippen LogP contribution < -0.4 is 20.5 Å². The van der Waals surface area contributed by atoms with Gasteiger partial charge in [-0.3, -0.25) is 9.59 Å². The summed E-state index contributed by atoms with van der Waals surface area (Å²) >= 11 is 0. The highest BCUT2D eigenvalue weighted by Gasteiger charge is 2.22. The quantitative estimate of drug-likeness (QED) is 0.582. The number of nitrogens with two attached hydrogens (primary N) is 1. The van der Waals surface area contributed by atoms with Crippen LogP contribution in [-0.2, 0) is 17.6 Å². The molecule has 156 valence electrons. The van der Waals surface area contributed by atoms with Gasteiger partial charge in [0.15, 0.2) is 18.1 Å². The Kier molecular flexibility index (Phi) is 5.35. The third kappa shape index (κ3) is 3.83. The number of H-pyrrole nitrogens is 1. The topological polar surface area (TPSA) is 106 Å². The van der Waals surface area contributed by atoms with Crippen molar-refractivity contribution < 1.29 is 19.1 Å². The van der Waals surface area contributed by atoms with Crippen LogP contribution in [-0.4, -0.2) is 30.5 Å². The number of aromatic nitrogens is 1. The second kappa shape index (κ2) is 8.10. The molecular weight excluding hydrogens is 382 g/mol. The number of rotatable bonds is 6. The van der Waals surface area contributed by atoms with Gasteiger partial charge >= 0.3 is 0 Å². The number of methoxy groups -OCH3 is 1. The van der Waals surface area contributed by atoms with Gasteiger partial charge in [0.2, 0.25) is 0 Å². The highest BCUT2D eigenvalue weighted by molar-refractivity contribution is 6.12. The molecular formula is C23H25N3O4. The van der Waals surface area contributed by atoms with Crippen molar-refractivity contribution in [2.75, 3.05) is 19.0 Å². The summed E-state index contributed by atoms with van der Waals surface area (Å²) in [5.41, 5.74) is 9.69. The van der Waals surface area contributed by atoms with E-state index < -0.39 is 5.91 Å². The molecule has 1 aliphatic carbocycles. The molecule has 0 bridgehead atoms. The number of amides is 2. The van der Waals surface area contributed by atoms with Crippen LogP contribution in [0.5, 0.6) is 11.5 Å². The number of carbonyl (C=O) groups excluding carboxylic acids is 2. The zero-order valence-electron chi connectivity index (χ0n) is 17.1. The number of fused-ring (bicyclic) bond motifs is 3. The van der Waals surface area contributed by atoms with E-state index in [1.807, 2.05) is 12.1 Å². The van der Waals surface area contributed by atoms with Gasteiger partial charge in [0.25, 0.3) is 11.8 Å². The summed E-state index contributed by atoms with van der Waals surface area (Å²) in [6, 6.07) is 10.8. The van der Waals surface area contributed by atoms with Crippen LogP contribution in [0.4, 0.5) is 5.69 Å². The molecule has 1 atom stereocenters. The largest absolute Gasteiger partial charge is 0.493 e. The molecule has 30 heavy (non-hydrogen) atoms. The third-order valence-corrected chi connectivity index (χ3v) is 5.51. The molecule has 0 fully saturated rings. The van der Waals surface area contributed by atoms with Crippen molar-refractivity contribution in [3.05, 3.63) is 53.2 Å². The Labute approximate surface area is 174 Å². The summed E-state index contributed by atoms with van der Waals surface area (Å²) in [5, 5.41) is 4.02. The molecule has 7 nitrogen and oxygen atoms in total. The number of para-hydroxylation sites is 1. The molecule has 7 heteroatoms. The summed E-state index contributed by atoms with van der Waals surface area (Å²) in [6.07, 6.45) is 3.19. The van der Waals surface area contributed by atoms with E-state index in [0.717, 1.165) is 30.2 Å². The minimum absolute atomic E-state index is 0.224. The first-order valence-electron chi connectivity index (χ1n) is 9.99. The Hall–Kier alpha value is -3.48. The van der Waals surface area contributed by atoms with Crippen molar-refractivity contribution in [2.24, 2.45) is 11.7 Å². The number of aryl methyl sites for hydroxylation is 1. The number of nitrogens with one attached hydrogen (secondary N) is 2. The molecule has 4 N–H and O–H groups in total. The monoisotopic (exact) mass is 407 g/mol. The lowest BCUT2D eigenvalue weighted by atomic mass is 9.87. The Balaban J connectivity index is 1.62. The molecule has 1 aliphatic rings. The maximum Gasteiger partial charge on any atom is 0.257 e. The Bertz CT molecular complexity index is 1120. The van der Waals surface area contributed by atoms with Crippen LogP contribution in [0.25, 0.3) is 10.9 Å². The van der Waals surface area contributed by atoms with E-state index in [9.17, 15) is 9.59 Å². The van der Waals surface area contributed by atoms with Crippen molar-refractivity contribution in [3.8, 4) is 11.5 Å². The van der Waals surface area contributed by atoms with Crippen molar-refractivity contribution in [1.82, 2.24) is 4.98 Å². The summed E-state index contributed by atoms with van der Waals surface area (Å²) < 4.78 is 10.6. The average molecular weight is 407 g/mol. The molecule has 1 unspecified atom stereocenters. The number of aromatic amines is 1. The molecule has 1 heterocycles. The minimum Gasteiger partial charge on any atom is -0.493 e. The van der Waals surface area contributed by atoms with E-state index >= 15 is 0 Å². The minimum atomic E-state index is -0.594. The molecule has 2 aromatic carbocycles. The van der Waals surface area contributed by atoms with E-state index in [2.05, 4.69) is 23.3 Å². The fourth-order valence-electron chi connectivity index (χ4n) is 4.02. The standard InChI is InChI=1S/C23H25N3O4/c1-13-6-8-18-17(10-13)15-4-3-5-16(22(15)26-18)23(28)25-14-7-9-19(29-2)20(11-14)30-12-21(24)27/h3-5,7,9,11,13,26H,6,8,10,12H2,1-2H3,(H2,24,27)(H,25,28). The average Bonchev–Trinajstić information content (AvgIpc) is 3.10. The van der Waals surface area contributed by atoms with Crippen LogP contribution >= 0.6 is 0 Å². The highest BCUT2D eigenvalue weighted by Crippen LogP contribution is 2.34. The fraction of sp³-hybridized carbons (Fsp3) is 0.304. The van der Waals surface area contributed by atoms with Gasteiger partial charge in [-0.25, -0.2) is 0 Å². The van der Waals surface area contributed by atoms with Gasteiger partial charge in [-0.05, 0) is 48.9 Å². The number of primary amides is 1. The van der Waals surface area contributed by atoms with Gasteiger partial charge in [0, 0.05) is 22.8 Å². The van der Waals surface area contributed by atoms with Gasteiger partial charge in [0.1, 0.15) is 0 Å². The summed E-state index contributed by atoms with van der Waals surface area (Å²) in [4.78, 5) is 27.6. The predicted octanol–water partition coefficient (Wildman–Crippen LogP) is 3.42. The van der Waals surface area contributed by atoms with E-state index in [4.69, 9.17) is 15.2 Å². The van der Waals surface area contributed by atoms with Gasteiger partial charge in [-0.1, -0.05) is 19.1 Å².